The Balaban J connectivity index is 2.08. The first-order valence-corrected chi connectivity index (χ1v) is 5.83. The number of halogens is 1. The van der Waals surface area contributed by atoms with Crippen molar-refractivity contribution in [1.82, 2.24) is 4.90 Å². The topological polar surface area (TPSA) is 40.5 Å². The Morgan fingerprint density at radius 1 is 1.47 bits per heavy atom. The summed E-state index contributed by atoms with van der Waals surface area (Å²) in [4.78, 5) is 13.3. The first-order chi connectivity index (χ1) is 8.11. The number of amides is 1. The van der Waals surface area contributed by atoms with E-state index >= 15 is 0 Å². The molecule has 17 heavy (non-hydrogen) atoms. The fourth-order valence-electron chi connectivity index (χ4n) is 2.25. The van der Waals surface area contributed by atoms with Crippen LogP contribution in [0.4, 0.5) is 4.39 Å². The van der Waals surface area contributed by atoms with Crippen LogP contribution < -0.4 is 0 Å². The summed E-state index contributed by atoms with van der Waals surface area (Å²) in [5.41, 5.74) is 0.669. The molecule has 0 saturated carbocycles. The Labute approximate surface area is 99.9 Å². The second-order valence-corrected chi connectivity index (χ2v) is 4.39. The van der Waals surface area contributed by atoms with E-state index in [1.165, 1.54) is 12.1 Å². The van der Waals surface area contributed by atoms with Crippen molar-refractivity contribution in [1.29, 1.82) is 0 Å². The highest BCUT2D eigenvalue weighted by Gasteiger charge is 2.33. The number of hydrogen-bond donors (Lipinski definition) is 1. The van der Waals surface area contributed by atoms with Crippen molar-refractivity contribution < 1.29 is 14.3 Å². The summed E-state index contributed by atoms with van der Waals surface area (Å²) in [6.07, 6.45) is -0.331. The lowest BCUT2D eigenvalue weighted by Gasteiger charge is -2.18. The number of carbonyl (C=O) groups excluding carboxylic acids is 1. The van der Waals surface area contributed by atoms with Crippen LogP contribution in [-0.4, -0.2) is 29.0 Å². The van der Waals surface area contributed by atoms with Crippen LogP contribution in [0.25, 0.3) is 0 Å². The minimum atomic E-state index is -0.698. The lowest BCUT2D eigenvalue weighted by molar-refractivity contribution is -0.127. The Hall–Kier alpha value is -1.42. The molecule has 2 rings (SSSR count). The van der Waals surface area contributed by atoms with E-state index < -0.39 is 6.10 Å². The van der Waals surface area contributed by atoms with Crippen molar-refractivity contribution in [3.8, 4) is 0 Å². The number of carbonyl (C=O) groups is 1. The molecule has 1 amide bonds. The number of aliphatic hydroxyl groups excluding tert-OH is 1. The molecule has 4 heteroatoms. The predicted octanol–water partition coefficient (Wildman–Crippen LogP) is 1.73. The molecular weight excluding hydrogens is 221 g/mol. The minimum absolute atomic E-state index is 0.0821. The average Bonchev–Trinajstić information content (AvgIpc) is 2.70. The number of likely N-dealkylation sites (tertiary alicyclic amines) is 1. The SMILES string of the molecule is CCN1CC(C(O)c2ccc(F)cc2)CC1=O. The van der Waals surface area contributed by atoms with Crippen LogP contribution in [-0.2, 0) is 4.79 Å². The normalized spacial score (nSPS) is 21.9. The number of benzene rings is 1. The molecule has 0 spiro atoms. The quantitative estimate of drug-likeness (QED) is 0.869. The molecule has 2 atom stereocenters. The van der Waals surface area contributed by atoms with Gasteiger partial charge in [0.1, 0.15) is 5.82 Å². The van der Waals surface area contributed by atoms with Crippen molar-refractivity contribution in [2.24, 2.45) is 5.92 Å². The van der Waals surface area contributed by atoms with E-state index in [2.05, 4.69) is 0 Å². The third-order valence-corrected chi connectivity index (χ3v) is 3.28. The van der Waals surface area contributed by atoms with Gasteiger partial charge in [-0.2, -0.15) is 0 Å². The average molecular weight is 237 g/mol. The molecule has 1 aromatic carbocycles. The molecule has 2 unspecified atom stereocenters. The number of hydrogen-bond acceptors (Lipinski definition) is 2. The van der Waals surface area contributed by atoms with E-state index in [0.29, 0.717) is 25.1 Å². The second kappa shape index (κ2) is 4.84. The molecule has 3 nitrogen and oxygen atoms in total. The van der Waals surface area contributed by atoms with Gasteiger partial charge in [-0.1, -0.05) is 12.1 Å². The van der Waals surface area contributed by atoms with Crippen LogP contribution in [0.2, 0.25) is 0 Å². The lowest BCUT2D eigenvalue weighted by Crippen LogP contribution is -2.25. The smallest absolute Gasteiger partial charge is 0.223 e. The van der Waals surface area contributed by atoms with Crippen molar-refractivity contribution >= 4 is 5.91 Å². The zero-order chi connectivity index (χ0) is 12.4. The van der Waals surface area contributed by atoms with Crippen LogP contribution in [0.15, 0.2) is 24.3 Å². The first kappa shape index (κ1) is 12.0. The zero-order valence-corrected chi connectivity index (χ0v) is 9.77. The van der Waals surface area contributed by atoms with Gasteiger partial charge in [0.2, 0.25) is 5.91 Å². The van der Waals surface area contributed by atoms with Crippen LogP contribution in [0, 0.1) is 11.7 Å². The Kier molecular flexibility index (Phi) is 3.43. The number of nitrogens with zero attached hydrogens (tertiary/aromatic N) is 1. The van der Waals surface area contributed by atoms with Crippen molar-refractivity contribution in [3.05, 3.63) is 35.6 Å². The predicted molar refractivity (Wildman–Crippen MR) is 61.7 cm³/mol. The summed E-state index contributed by atoms with van der Waals surface area (Å²) in [6.45, 7) is 3.17. The fraction of sp³-hybridized carbons (Fsp3) is 0.462. The van der Waals surface area contributed by atoms with E-state index in [0.717, 1.165) is 0 Å². The van der Waals surface area contributed by atoms with Gasteiger partial charge in [0.15, 0.2) is 0 Å². The van der Waals surface area contributed by atoms with Gasteiger partial charge in [0.05, 0.1) is 6.10 Å². The van der Waals surface area contributed by atoms with Crippen molar-refractivity contribution in [2.75, 3.05) is 13.1 Å². The van der Waals surface area contributed by atoms with E-state index in [4.69, 9.17) is 0 Å². The third kappa shape index (κ3) is 2.47. The molecule has 0 bridgehead atoms. The molecule has 1 N–H and O–H groups in total. The summed E-state index contributed by atoms with van der Waals surface area (Å²) in [7, 11) is 0. The first-order valence-electron chi connectivity index (χ1n) is 5.83. The van der Waals surface area contributed by atoms with Gasteiger partial charge in [0, 0.05) is 25.4 Å². The molecule has 1 heterocycles. The molecule has 0 aliphatic carbocycles. The van der Waals surface area contributed by atoms with Crippen LogP contribution in [0.3, 0.4) is 0 Å². The van der Waals surface area contributed by atoms with Crippen LogP contribution in [0.5, 0.6) is 0 Å². The molecule has 1 fully saturated rings. The molecule has 1 aliphatic rings. The van der Waals surface area contributed by atoms with E-state index in [1.54, 1.807) is 17.0 Å². The molecule has 92 valence electrons. The maximum atomic E-state index is 12.8. The van der Waals surface area contributed by atoms with Crippen molar-refractivity contribution in [3.63, 3.8) is 0 Å². The molecule has 0 radical (unpaired) electrons. The maximum Gasteiger partial charge on any atom is 0.223 e. The molecule has 0 aromatic heterocycles. The van der Waals surface area contributed by atoms with Crippen molar-refractivity contribution in [2.45, 2.75) is 19.4 Å². The fourth-order valence-corrected chi connectivity index (χ4v) is 2.25. The van der Waals surface area contributed by atoms with Crippen LogP contribution in [0.1, 0.15) is 25.0 Å². The Bertz CT molecular complexity index is 404. The van der Waals surface area contributed by atoms with Gasteiger partial charge in [0.25, 0.3) is 0 Å². The highest BCUT2D eigenvalue weighted by molar-refractivity contribution is 5.78. The summed E-state index contributed by atoms with van der Waals surface area (Å²) >= 11 is 0. The maximum absolute atomic E-state index is 12.8. The Morgan fingerprint density at radius 2 is 2.12 bits per heavy atom. The Morgan fingerprint density at radius 3 is 2.65 bits per heavy atom. The molecule has 1 aromatic rings. The molecule has 1 saturated heterocycles. The molecule has 1 aliphatic heterocycles. The monoisotopic (exact) mass is 237 g/mol. The number of rotatable bonds is 3. The van der Waals surface area contributed by atoms with Crippen LogP contribution >= 0.6 is 0 Å². The van der Waals surface area contributed by atoms with Gasteiger partial charge in [-0.05, 0) is 24.6 Å². The minimum Gasteiger partial charge on any atom is -0.388 e. The summed E-state index contributed by atoms with van der Waals surface area (Å²) in [5.74, 6) is -0.329. The van der Waals surface area contributed by atoms with E-state index in [9.17, 15) is 14.3 Å². The van der Waals surface area contributed by atoms with Gasteiger partial charge < -0.3 is 10.0 Å². The van der Waals surface area contributed by atoms with E-state index in [1.807, 2.05) is 6.92 Å². The largest absolute Gasteiger partial charge is 0.388 e. The van der Waals surface area contributed by atoms with Gasteiger partial charge in [-0.3, -0.25) is 4.79 Å². The van der Waals surface area contributed by atoms with E-state index in [-0.39, 0.29) is 17.6 Å². The number of aliphatic hydroxyl groups is 1. The van der Waals surface area contributed by atoms with Gasteiger partial charge in [-0.25, -0.2) is 4.39 Å². The summed E-state index contributed by atoms with van der Waals surface area (Å²) in [5, 5.41) is 10.1. The van der Waals surface area contributed by atoms with Gasteiger partial charge >= 0.3 is 0 Å². The zero-order valence-electron chi connectivity index (χ0n) is 9.77. The third-order valence-electron chi connectivity index (χ3n) is 3.28. The second-order valence-electron chi connectivity index (χ2n) is 4.39. The standard InChI is InChI=1S/C13H16FNO2/c1-2-15-8-10(7-12(15)16)13(17)9-3-5-11(14)6-4-9/h3-6,10,13,17H,2,7-8H2,1H3. The lowest BCUT2D eigenvalue weighted by atomic mass is 9.95. The summed E-state index contributed by atoms with van der Waals surface area (Å²) in [6, 6.07) is 5.79. The molecular formula is C13H16FNO2. The highest BCUT2D eigenvalue weighted by Crippen LogP contribution is 2.30. The summed E-state index contributed by atoms with van der Waals surface area (Å²) < 4.78 is 12.8. The highest BCUT2D eigenvalue weighted by atomic mass is 19.1. The van der Waals surface area contributed by atoms with Gasteiger partial charge in [-0.15, -0.1) is 0 Å².